The van der Waals surface area contributed by atoms with Crippen molar-refractivity contribution in [2.75, 3.05) is 6.54 Å². The second-order valence-corrected chi connectivity index (χ2v) is 5.79. The summed E-state index contributed by atoms with van der Waals surface area (Å²) in [4.78, 5) is 24.4. The zero-order valence-electron chi connectivity index (χ0n) is 13.2. The van der Waals surface area contributed by atoms with E-state index in [-0.39, 0.29) is 11.9 Å². The predicted octanol–water partition coefficient (Wildman–Crippen LogP) is 0.461. The van der Waals surface area contributed by atoms with Gasteiger partial charge >= 0.3 is 5.69 Å². The Morgan fingerprint density at radius 3 is 2.65 bits per heavy atom. The van der Waals surface area contributed by atoms with Gasteiger partial charge in [-0.3, -0.25) is 9.36 Å². The molecule has 1 aromatic heterocycles. The molecule has 1 aliphatic heterocycles. The first kappa shape index (κ1) is 15.5. The van der Waals surface area contributed by atoms with Crippen LogP contribution in [-0.4, -0.2) is 21.8 Å². The third kappa shape index (κ3) is 2.28. The van der Waals surface area contributed by atoms with Crippen LogP contribution in [0.2, 0.25) is 0 Å². The highest BCUT2D eigenvalue weighted by Crippen LogP contribution is 2.35. The van der Waals surface area contributed by atoms with Crippen molar-refractivity contribution in [2.24, 2.45) is 19.8 Å². The minimum atomic E-state index is -0.524. The number of fused-ring (bicyclic) bond motifs is 1. The number of hydrogen-bond acceptors (Lipinski definition) is 4. The highest BCUT2D eigenvalue weighted by molar-refractivity contribution is 5.68. The van der Waals surface area contributed by atoms with Crippen molar-refractivity contribution in [1.29, 1.82) is 0 Å². The van der Waals surface area contributed by atoms with Gasteiger partial charge in [-0.2, -0.15) is 0 Å². The Morgan fingerprint density at radius 1 is 1.30 bits per heavy atom. The van der Waals surface area contributed by atoms with Crippen LogP contribution in [0, 0.1) is 12.7 Å². The first-order valence-corrected chi connectivity index (χ1v) is 7.31. The van der Waals surface area contributed by atoms with Gasteiger partial charge in [0.05, 0.1) is 5.56 Å². The molecule has 3 rings (SSSR count). The molecule has 7 heteroatoms. The summed E-state index contributed by atoms with van der Waals surface area (Å²) in [7, 11) is 2.99. The van der Waals surface area contributed by atoms with Crippen LogP contribution >= 0.6 is 0 Å². The normalized spacial score (nSPS) is 16.3. The van der Waals surface area contributed by atoms with E-state index < -0.39 is 17.1 Å². The molecule has 6 nitrogen and oxygen atoms in total. The van der Waals surface area contributed by atoms with Crippen molar-refractivity contribution >= 4 is 0 Å². The van der Waals surface area contributed by atoms with E-state index in [0.717, 1.165) is 4.57 Å². The third-order valence-corrected chi connectivity index (χ3v) is 4.36. The van der Waals surface area contributed by atoms with E-state index >= 15 is 0 Å². The van der Waals surface area contributed by atoms with Gasteiger partial charge in [0.25, 0.3) is 5.56 Å². The summed E-state index contributed by atoms with van der Waals surface area (Å²) in [5, 5.41) is 0. The molecule has 0 aliphatic carbocycles. The zero-order valence-corrected chi connectivity index (χ0v) is 13.2. The van der Waals surface area contributed by atoms with Crippen LogP contribution in [0.25, 0.3) is 11.1 Å². The van der Waals surface area contributed by atoms with E-state index in [2.05, 4.69) is 0 Å². The van der Waals surface area contributed by atoms with Crippen LogP contribution in [0.4, 0.5) is 4.39 Å². The number of aromatic nitrogens is 2. The topological polar surface area (TPSA) is 79.2 Å². The van der Waals surface area contributed by atoms with Gasteiger partial charge in [-0.25, -0.2) is 9.18 Å². The number of ether oxygens (including phenoxy) is 1. The number of nitrogens with zero attached hydrogens (tertiary/aromatic N) is 2. The molecule has 0 fully saturated rings. The fourth-order valence-corrected chi connectivity index (χ4v) is 2.94. The van der Waals surface area contributed by atoms with Gasteiger partial charge in [-0.15, -0.1) is 0 Å². The Hall–Kier alpha value is -2.41. The smallest absolute Gasteiger partial charge is 0.330 e. The lowest BCUT2D eigenvalue weighted by atomic mass is 10.00. The molecule has 1 aromatic carbocycles. The number of benzene rings is 1. The van der Waals surface area contributed by atoms with Crippen LogP contribution in [0.15, 0.2) is 21.7 Å². The van der Waals surface area contributed by atoms with Gasteiger partial charge < -0.3 is 15.0 Å². The van der Waals surface area contributed by atoms with Crippen molar-refractivity contribution in [1.82, 2.24) is 9.13 Å². The van der Waals surface area contributed by atoms with Crippen LogP contribution < -0.4 is 21.7 Å². The molecule has 0 saturated carbocycles. The van der Waals surface area contributed by atoms with Crippen LogP contribution in [-0.2, 0) is 20.5 Å². The number of hydrogen-bond donors (Lipinski definition) is 1. The fourth-order valence-electron chi connectivity index (χ4n) is 2.94. The van der Waals surface area contributed by atoms with Crippen LogP contribution in [0.1, 0.15) is 11.3 Å². The maximum absolute atomic E-state index is 14.3. The predicted molar refractivity (Wildman–Crippen MR) is 84.2 cm³/mol. The highest BCUT2D eigenvalue weighted by Gasteiger charge is 2.27. The van der Waals surface area contributed by atoms with E-state index in [1.807, 2.05) is 0 Å². The average molecular weight is 319 g/mol. The van der Waals surface area contributed by atoms with Crippen LogP contribution in [0.5, 0.6) is 5.75 Å². The Kier molecular flexibility index (Phi) is 3.60. The average Bonchev–Trinajstić information content (AvgIpc) is 2.95. The quantitative estimate of drug-likeness (QED) is 0.872. The standard InChI is InChI=1S/C16H18FN3O3/c1-8-13(15(21)20(3)16(22)19(8)2)9-4-10-5-11(7-18)23-14(10)12(17)6-9/h4,6,11H,5,7,18H2,1-3H3. The van der Waals surface area contributed by atoms with Crippen molar-refractivity contribution in [3.05, 3.63) is 50.0 Å². The molecule has 0 bridgehead atoms. The van der Waals surface area contributed by atoms with E-state index in [4.69, 9.17) is 10.5 Å². The van der Waals surface area contributed by atoms with E-state index in [9.17, 15) is 14.0 Å². The summed E-state index contributed by atoms with van der Waals surface area (Å²) in [5.74, 6) is -0.327. The lowest BCUT2D eigenvalue weighted by Crippen LogP contribution is -2.39. The molecule has 1 atom stereocenters. The fraction of sp³-hybridized carbons (Fsp3) is 0.375. The Balaban J connectivity index is 2.25. The molecule has 23 heavy (non-hydrogen) atoms. The summed E-state index contributed by atoms with van der Waals surface area (Å²) < 4.78 is 22.2. The van der Waals surface area contributed by atoms with E-state index in [1.165, 1.54) is 17.7 Å². The Bertz CT molecular complexity index is 914. The molecular weight excluding hydrogens is 301 g/mol. The molecule has 0 saturated heterocycles. The maximum atomic E-state index is 14.3. The minimum Gasteiger partial charge on any atom is -0.485 e. The first-order valence-electron chi connectivity index (χ1n) is 7.31. The number of halogens is 1. The highest BCUT2D eigenvalue weighted by atomic mass is 19.1. The molecule has 122 valence electrons. The van der Waals surface area contributed by atoms with Crippen molar-refractivity contribution < 1.29 is 9.13 Å². The Morgan fingerprint density at radius 2 is 2.00 bits per heavy atom. The summed E-state index contributed by atoms with van der Waals surface area (Å²) >= 11 is 0. The molecule has 0 radical (unpaired) electrons. The largest absolute Gasteiger partial charge is 0.485 e. The first-order chi connectivity index (χ1) is 10.8. The van der Waals surface area contributed by atoms with E-state index in [1.54, 1.807) is 20.0 Å². The SMILES string of the molecule is Cc1c(-c2cc(F)c3c(c2)CC(CN)O3)c(=O)n(C)c(=O)n1C. The van der Waals surface area contributed by atoms with Gasteiger partial charge in [0.1, 0.15) is 6.10 Å². The summed E-state index contributed by atoms with van der Waals surface area (Å²) in [6.45, 7) is 1.96. The van der Waals surface area contributed by atoms with Gasteiger partial charge in [-0.1, -0.05) is 0 Å². The van der Waals surface area contributed by atoms with Crippen molar-refractivity contribution in [2.45, 2.75) is 19.4 Å². The van der Waals surface area contributed by atoms with Crippen LogP contribution in [0.3, 0.4) is 0 Å². The number of rotatable bonds is 2. The van der Waals surface area contributed by atoms with Crippen molar-refractivity contribution in [3.63, 3.8) is 0 Å². The van der Waals surface area contributed by atoms with Gasteiger partial charge in [-0.05, 0) is 24.6 Å². The molecule has 0 amide bonds. The molecule has 2 heterocycles. The monoisotopic (exact) mass is 319 g/mol. The molecule has 1 unspecified atom stereocenters. The molecule has 2 aromatic rings. The van der Waals surface area contributed by atoms with Gasteiger partial charge in [0.2, 0.25) is 0 Å². The minimum absolute atomic E-state index is 0.198. The molecule has 2 N–H and O–H groups in total. The van der Waals surface area contributed by atoms with Crippen molar-refractivity contribution in [3.8, 4) is 16.9 Å². The zero-order chi connectivity index (χ0) is 16.9. The Labute approximate surface area is 131 Å². The second kappa shape index (κ2) is 5.34. The summed E-state index contributed by atoms with van der Waals surface area (Å²) in [6, 6.07) is 3.01. The summed E-state index contributed by atoms with van der Waals surface area (Å²) in [6.07, 6.45) is 0.251. The lowest BCUT2D eigenvalue weighted by molar-refractivity contribution is 0.232. The third-order valence-electron chi connectivity index (χ3n) is 4.36. The number of nitrogens with two attached hydrogens (primary N) is 1. The lowest BCUT2D eigenvalue weighted by Gasteiger charge is -2.13. The molecular formula is C16H18FN3O3. The summed E-state index contributed by atoms with van der Waals surface area (Å²) in [5.41, 5.74) is 6.65. The van der Waals surface area contributed by atoms with Gasteiger partial charge in [0, 0.05) is 38.3 Å². The molecule has 1 aliphatic rings. The van der Waals surface area contributed by atoms with Gasteiger partial charge in [0.15, 0.2) is 11.6 Å². The van der Waals surface area contributed by atoms with E-state index in [0.29, 0.717) is 35.3 Å². The second-order valence-electron chi connectivity index (χ2n) is 5.79. The maximum Gasteiger partial charge on any atom is 0.330 e. The molecule has 0 spiro atoms.